The van der Waals surface area contributed by atoms with Gasteiger partial charge in [-0.25, -0.2) is 13.1 Å². The Labute approximate surface area is 184 Å². The second kappa shape index (κ2) is 9.28. The van der Waals surface area contributed by atoms with Crippen LogP contribution in [0.4, 0.5) is 0 Å². The topological polar surface area (TPSA) is 81.0 Å². The fourth-order valence-electron chi connectivity index (χ4n) is 3.87. The van der Waals surface area contributed by atoms with Gasteiger partial charge in [0.15, 0.2) is 9.84 Å². The number of aromatic nitrogens is 4. The van der Waals surface area contributed by atoms with Gasteiger partial charge in [0.1, 0.15) is 0 Å². The van der Waals surface area contributed by atoms with Crippen molar-refractivity contribution >= 4 is 9.84 Å². The summed E-state index contributed by atoms with van der Waals surface area (Å²) in [4.78, 5) is 7.08. The molecule has 0 saturated carbocycles. The Morgan fingerprint density at radius 3 is 2.45 bits per heavy atom. The molecule has 1 aromatic carbocycles. The lowest BCUT2D eigenvalue weighted by Crippen LogP contribution is -2.32. The molecule has 0 spiro atoms. The molecular weight excluding hydrogens is 410 g/mol. The average molecular weight is 440 g/mol. The predicted octanol–water partition coefficient (Wildman–Crippen LogP) is 3.37. The van der Waals surface area contributed by atoms with Crippen molar-refractivity contribution in [3.8, 4) is 5.69 Å². The smallest absolute Gasteiger partial charge is 0.158 e. The lowest BCUT2D eigenvalue weighted by molar-refractivity contribution is 0.201. The molecule has 0 bridgehead atoms. The number of likely N-dealkylation sites (tertiary alicyclic amines) is 1. The van der Waals surface area contributed by atoms with E-state index >= 15 is 0 Å². The van der Waals surface area contributed by atoms with Crippen molar-refractivity contribution in [3.63, 3.8) is 0 Å². The lowest BCUT2D eigenvalue weighted by Gasteiger charge is -2.31. The van der Waals surface area contributed by atoms with Crippen LogP contribution in [0.15, 0.2) is 54.7 Å². The van der Waals surface area contributed by atoms with Gasteiger partial charge in [0.25, 0.3) is 0 Å². The van der Waals surface area contributed by atoms with Crippen molar-refractivity contribution in [1.29, 1.82) is 0 Å². The van der Waals surface area contributed by atoms with Crippen LogP contribution in [0.2, 0.25) is 0 Å². The summed E-state index contributed by atoms with van der Waals surface area (Å²) < 4.78 is 26.3. The first-order valence-electron chi connectivity index (χ1n) is 10.8. The number of nitrogens with zero attached hydrogens (tertiary/aromatic N) is 5. The highest BCUT2D eigenvalue weighted by atomic mass is 32.2. The van der Waals surface area contributed by atoms with Gasteiger partial charge in [-0.05, 0) is 64.0 Å². The third-order valence-corrected chi connectivity index (χ3v) is 7.98. The summed E-state index contributed by atoms with van der Waals surface area (Å²) in [5.41, 5.74) is 3.61. The largest absolute Gasteiger partial charge is 0.297 e. The standard InChI is InChI=1S/C23H29N5O2S/c1-18(2)31(29,30)17-20-7-6-10-23(24-20)19-11-13-27(14-12-19)15-21-16-28(26-25-21)22-8-4-3-5-9-22/h3-10,16,18-19H,11-15,17H2,1-2H3. The number of pyridine rings is 1. The van der Waals surface area contributed by atoms with Gasteiger partial charge in [0.2, 0.25) is 0 Å². The summed E-state index contributed by atoms with van der Waals surface area (Å²) in [5, 5.41) is 8.18. The molecule has 0 N–H and O–H groups in total. The maximum atomic E-state index is 12.2. The van der Waals surface area contributed by atoms with Crippen molar-refractivity contribution in [2.75, 3.05) is 13.1 Å². The second-order valence-electron chi connectivity index (χ2n) is 8.45. The molecule has 0 aliphatic carbocycles. The fraction of sp³-hybridized carbons (Fsp3) is 0.435. The van der Waals surface area contributed by atoms with Gasteiger partial charge in [0.05, 0.1) is 34.3 Å². The average Bonchev–Trinajstić information content (AvgIpc) is 3.23. The molecule has 0 radical (unpaired) electrons. The Kier molecular flexibility index (Phi) is 6.48. The molecule has 0 unspecified atom stereocenters. The molecule has 1 fully saturated rings. The van der Waals surface area contributed by atoms with Crippen molar-refractivity contribution in [1.82, 2.24) is 24.9 Å². The highest BCUT2D eigenvalue weighted by Crippen LogP contribution is 2.28. The van der Waals surface area contributed by atoms with Crippen LogP contribution < -0.4 is 0 Å². The molecule has 3 heterocycles. The van der Waals surface area contributed by atoms with Crippen LogP contribution in [0.3, 0.4) is 0 Å². The Morgan fingerprint density at radius 1 is 1.00 bits per heavy atom. The SMILES string of the molecule is CC(C)S(=O)(=O)Cc1cccc(C2CCN(Cc3cn(-c4ccccc4)nn3)CC2)n1. The molecule has 8 heteroatoms. The lowest BCUT2D eigenvalue weighted by atomic mass is 9.93. The van der Waals surface area contributed by atoms with E-state index in [-0.39, 0.29) is 11.0 Å². The molecule has 0 amide bonds. The molecule has 164 valence electrons. The van der Waals surface area contributed by atoms with Gasteiger partial charge in [-0.3, -0.25) is 9.88 Å². The Balaban J connectivity index is 1.34. The van der Waals surface area contributed by atoms with Crippen molar-refractivity contribution in [2.45, 2.75) is 50.2 Å². The van der Waals surface area contributed by atoms with E-state index in [0.717, 1.165) is 49.6 Å². The predicted molar refractivity (Wildman–Crippen MR) is 121 cm³/mol. The molecule has 31 heavy (non-hydrogen) atoms. The van der Waals surface area contributed by atoms with E-state index in [4.69, 9.17) is 0 Å². The first-order chi connectivity index (χ1) is 14.9. The third kappa shape index (κ3) is 5.37. The van der Waals surface area contributed by atoms with Gasteiger partial charge in [-0.1, -0.05) is 29.5 Å². The minimum atomic E-state index is -3.15. The molecule has 3 aromatic rings. The second-order valence-corrected chi connectivity index (χ2v) is 11.0. The van der Waals surface area contributed by atoms with E-state index in [1.165, 1.54) is 0 Å². The van der Waals surface area contributed by atoms with Crippen LogP contribution in [0.1, 0.15) is 49.7 Å². The molecular formula is C23H29N5O2S. The Morgan fingerprint density at radius 2 is 1.74 bits per heavy atom. The third-order valence-electron chi connectivity index (χ3n) is 5.85. The zero-order chi connectivity index (χ0) is 21.8. The van der Waals surface area contributed by atoms with E-state index in [1.54, 1.807) is 13.8 Å². The van der Waals surface area contributed by atoms with Crippen LogP contribution in [0.25, 0.3) is 5.69 Å². The zero-order valence-corrected chi connectivity index (χ0v) is 18.9. The van der Waals surface area contributed by atoms with Gasteiger partial charge < -0.3 is 0 Å². The molecule has 1 saturated heterocycles. The molecule has 2 aromatic heterocycles. The van der Waals surface area contributed by atoms with Gasteiger partial charge in [-0.15, -0.1) is 5.10 Å². The summed E-state index contributed by atoms with van der Waals surface area (Å²) in [5.74, 6) is 0.368. The van der Waals surface area contributed by atoms with E-state index in [9.17, 15) is 8.42 Å². The maximum absolute atomic E-state index is 12.2. The van der Waals surface area contributed by atoms with Gasteiger partial charge in [-0.2, -0.15) is 0 Å². The monoisotopic (exact) mass is 439 g/mol. The molecule has 1 aliphatic rings. The van der Waals surface area contributed by atoms with E-state index in [2.05, 4.69) is 20.2 Å². The number of rotatable bonds is 7. The Bertz CT molecular complexity index is 1100. The number of sulfone groups is 1. The fourth-order valence-corrected chi connectivity index (χ4v) is 4.78. The van der Waals surface area contributed by atoms with Gasteiger partial charge >= 0.3 is 0 Å². The van der Waals surface area contributed by atoms with E-state index in [1.807, 2.05) is 59.4 Å². The molecule has 7 nitrogen and oxygen atoms in total. The summed E-state index contributed by atoms with van der Waals surface area (Å²) in [7, 11) is -3.15. The number of hydrogen-bond acceptors (Lipinski definition) is 6. The van der Waals surface area contributed by atoms with Crippen LogP contribution in [0, 0.1) is 0 Å². The zero-order valence-electron chi connectivity index (χ0n) is 18.1. The summed E-state index contributed by atoms with van der Waals surface area (Å²) in [6.45, 7) is 6.12. The summed E-state index contributed by atoms with van der Waals surface area (Å²) >= 11 is 0. The van der Waals surface area contributed by atoms with Crippen LogP contribution in [-0.4, -0.2) is 51.6 Å². The van der Waals surface area contributed by atoms with Crippen LogP contribution >= 0.6 is 0 Å². The number of piperidine rings is 1. The maximum Gasteiger partial charge on any atom is 0.158 e. The Hall–Kier alpha value is -2.58. The first kappa shape index (κ1) is 21.6. The number of para-hydroxylation sites is 1. The van der Waals surface area contributed by atoms with E-state index in [0.29, 0.717) is 11.6 Å². The van der Waals surface area contributed by atoms with Crippen molar-refractivity contribution < 1.29 is 8.42 Å². The molecule has 0 atom stereocenters. The first-order valence-corrected chi connectivity index (χ1v) is 12.5. The molecule has 1 aliphatic heterocycles. The number of benzene rings is 1. The highest BCUT2D eigenvalue weighted by Gasteiger charge is 2.23. The normalized spacial score (nSPS) is 16.1. The van der Waals surface area contributed by atoms with Crippen molar-refractivity contribution in [2.24, 2.45) is 0 Å². The van der Waals surface area contributed by atoms with Crippen LogP contribution in [0.5, 0.6) is 0 Å². The van der Waals surface area contributed by atoms with Crippen LogP contribution in [-0.2, 0) is 22.1 Å². The minimum absolute atomic E-state index is 0.00836. The highest BCUT2D eigenvalue weighted by molar-refractivity contribution is 7.91. The van der Waals surface area contributed by atoms with E-state index < -0.39 is 9.84 Å². The number of hydrogen-bond donors (Lipinski definition) is 0. The minimum Gasteiger partial charge on any atom is -0.297 e. The summed E-state index contributed by atoms with van der Waals surface area (Å²) in [6, 6.07) is 15.8. The van der Waals surface area contributed by atoms with Gasteiger partial charge in [0, 0.05) is 18.2 Å². The quantitative estimate of drug-likeness (QED) is 0.561. The van der Waals surface area contributed by atoms with Crippen molar-refractivity contribution in [3.05, 3.63) is 71.8 Å². The molecule has 4 rings (SSSR count). The summed E-state index contributed by atoms with van der Waals surface area (Å²) in [6.07, 6.45) is 3.99.